The van der Waals surface area contributed by atoms with Gasteiger partial charge in [0.15, 0.2) is 11.5 Å². The fourth-order valence-corrected chi connectivity index (χ4v) is 2.94. The smallest absolute Gasteiger partial charge is 0.477 e. The molecule has 1 rings (SSSR count). The zero-order valence-corrected chi connectivity index (χ0v) is 23.1. The number of carbonyl (C=O) groups is 4. The minimum Gasteiger partial charge on any atom is -0.477 e. The number of hydrogen-bond donors (Lipinski definition) is 2. The number of carboxylic acid groups (broad SMARTS) is 1. The van der Waals surface area contributed by atoms with E-state index in [0.29, 0.717) is 18.4 Å². The Kier molecular flexibility index (Phi) is 10.9. The second-order valence-corrected chi connectivity index (χ2v) is 10.1. The van der Waals surface area contributed by atoms with Gasteiger partial charge in [-0.2, -0.15) is 0 Å². The topological polar surface area (TPSA) is 147 Å². The molecule has 0 aromatic heterocycles. The third-order valence-corrected chi connectivity index (χ3v) is 5.46. The van der Waals surface area contributed by atoms with Gasteiger partial charge in [-0.3, -0.25) is 10.1 Å². The molecule has 0 bridgehead atoms. The van der Waals surface area contributed by atoms with E-state index in [-0.39, 0.29) is 24.0 Å². The van der Waals surface area contributed by atoms with Crippen molar-refractivity contribution in [3.63, 3.8) is 0 Å². The van der Waals surface area contributed by atoms with Crippen molar-refractivity contribution in [1.29, 1.82) is 0 Å². The predicted molar refractivity (Wildman–Crippen MR) is 134 cm³/mol. The summed E-state index contributed by atoms with van der Waals surface area (Å²) >= 11 is 0. The number of carbonyl (C=O) groups excluding carboxylic acids is 3. The number of rotatable bonds is 12. The Morgan fingerprint density at radius 3 is 1.76 bits per heavy atom. The second-order valence-electron chi connectivity index (χ2n) is 10.1. The van der Waals surface area contributed by atoms with Gasteiger partial charge in [-0.15, -0.1) is 0 Å². The van der Waals surface area contributed by atoms with E-state index in [1.807, 2.05) is 13.8 Å². The molecule has 2 N–H and O–H groups in total. The van der Waals surface area contributed by atoms with Crippen LogP contribution in [0.3, 0.4) is 0 Å². The monoisotopic (exact) mass is 525 g/mol. The zero-order chi connectivity index (χ0) is 28.6. The Balaban J connectivity index is 3.44. The molecule has 208 valence electrons. The Morgan fingerprint density at radius 2 is 1.35 bits per heavy atom. The average molecular weight is 526 g/mol. The van der Waals surface area contributed by atoms with E-state index in [1.54, 1.807) is 41.5 Å². The lowest BCUT2D eigenvalue weighted by Crippen LogP contribution is -2.59. The standard InChI is InChI=1S/C26H39NO10/c1-10-24(6,7)36-22(31)33-19-13-12-18(14-20(19)34-23(32)37-25(8,9)11-2)15-26(21(29)30,27-16(3)4)35-17(5)28/h12-14,16,27H,10-11,15H2,1-9H3,(H,29,30)/t26-/m0/s1. The van der Waals surface area contributed by atoms with Gasteiger partial charge in [0.2, 0.25) is 0 Å². The lowest BCUT2D eigenvalue weighted by molar-refractivity contribution is -0.182. The number of nitrogens with one attached hydrogen (secondary N) is 1. The van der Waals surface area contributed by atoms with E-state index in [2.05, 4.69) is 5.32 Å². The third kappa shape index (κ3) is 10.3. The first-order chi connectivity index (χ1) is 16.9. The third-order valence-electron chi connectivity index (χ3n) is 5.46. The molecular formula is C26H39NO10. The molecule has 37 heavy (non-hydrogen) atoms. The summed E-state index contributed by atoms with van der Waals surface area (Å²) in [6, 6.07) is 3.71. The molecule has 11 nitrogen and oxygen atoms in total. The van der Waals surface area contributed by atoms with Gasteiger partial charge < -0.3 is 28.8 Å². The van der Waals surface area contributed by atoms with Crippen molar-refractivity contribution >= 4 is 24.2 Å². The van der Waals surface area contributed by atoms with Crippen LogP contribution in [0.15, 0.2) is 18.2 Å². The molecule has 0 aliphatic carbocycles. The molecule has 0 unspecified atom stereocenters. The summed E-state index contributed by atoms with van der Waals surface area (Å²) in [5.74, 6) is -2.60. The van der Waals surface area contributed by atoms with Gasteiger partial charge in [0.1, 0.15) is 11.2 Å². The fraction of sp³-hybridized carbons (Fsp3) is 0.615. The van der Waals surface area contributed by atoms with Crippen molar-refractivity contribution < 1.29 is 48.0 Å². The van der Waals surface area contributed by atoms with Gasteiger partial charge >= 0.3 is 24.2 Å². The summed E-state index contributed by atoms with van der Waals surface area (Å²) in [4.78, 5) is 48.8. The van der Waals surface area contributed by atoms with Crippen LogP contribution in [0, 0.1) is 0 Å². The molecule has 0 aliphatic heterocycles. The van der Waals surface area contributed by atoms with Gasteiger partial charge in [-0.05, 0) is 72.1 Å². The highest BCUT2D eigenvalue weighted by molar-refractivity contribution is 5.81. The summed E-state index contributed by atoms with van der Waals surface area (Å²) in [5, 5.41) is 12.7. The van der Waals surface area contributed by atoms with Crippen molar-refractivity contribution in [2.75, 3.05) is 0 Å². The second kappa shape index (κ2) is 12.8. The molecule has 0 saturated carbocycles. The van der Waals surface area contributed by atoms with Crippen LogP contribution in [-0.2, 0) is 30.2 Å². The van der Waals surface area contributed by atoms with Gasteiger partial charge in [-0.1, -0.05) is 19.9 Å². The van der Waals surface area contributed by atoms with Crippen molar-refractivity contribution in [2.24, 2.45) is 0 Å². The van der Waals surface area contributed by atoms with Crippen LogP contribution in [0.2, 0.25) is 0 Å². The van der Waals surface area contributed by atoms with Crippen LogP contribution in [0.4, 0.5) is 9.59 Å². The first kappa shape index (κ1) is 31.7. The van der Waals surface area contributed by atoms with Crippen LogP contribution in [0.5, 0.6) is 11.5 Å². The number of benzene rings is 1. The molecule has 0 radical (unpaired) electrons. The highest BCUT2D eigenvalue weighted by Gasteiger charge is 2.43. The van der Waals surface area contributed by atoms with E-state index in [0.717, 1.165) is 6.92 Å². The molecule has 1 atom stereocenters. The van der Waals surface area contributed by atoms with Gasteiger partial charge in [0.25, 0.3) is 5.72 Å². The van der Waals surface area contributed by atoms with E-state index < -0.39 is 41.2 Å². The van der Waals surface area contributed by atoms with Gasteiger partial charge in [0, 0.05) is 19.4 Å². The molecule has 0 heterocycles. The molecule has 1 aromatic carbocycles. The summed E-state index contributed by atoms with van der Waals surface area (Å²) < 4.78 is 26.5. The Morgan fingerprint density at radius 1 is 0.865 bits per heavy atom. The Bertz CT molecular complexity index is 986. The summed E-state index contributed by atoms with van der Waals surface area (Å²) in [6.07, 6.45) is -1.37. The zero-order valence-electron chi connectivity index (χ0n) is 23.1. The average Bonchev–Trinajstić information content (AvgIpc) is 2.73. The molecule has 0 fully saturated rings. The van der Waals surface area contributed by atoms with Crippen LogP contribution in [-0.4, -0.2) is 52.3 Å². The lowest BCUT2D eigenvalue weighted by Gasteiger charge is -2.32. The quantitative estimate of drug-likeness (QED) is 0.165. The molecule has 1 aromatic rings. The van der Waals surface area contributed by atoms with Crippen molar-refractivity contribution in [3.8, 4) is 11.5 Å². The highest BCUT2D eigenvalue weighted by Crippen LogP contribution is 2.32. The van der Waals surface area contributed by atoms with Crippen LogP contribution in [0.25, 0.3) is 0 Å². The highest BCUT2D eigenvalue weighted by atomic mass is 16.8. The maximum atomic E-state index is 12.5. The Labute approximate surface area is 217 Å². The van der Waals surface area contributed by atoms with E-state index in [9.17, 15) is 24.3 Å². The lowest BCUT2D eigenvalue weighted by atomic mass is 10.0. The minimum atomic E-state index is -2.10. The molecule has 11 heteroatoms. The first-order valence-corrected chi connectivity index (χ1v) is 12.1. The van der Waals surface area contributed by atoms with Crippen LogP contribution < -0.4 is 14.8 Å². The van der Waals surface area contributed by atoms with E-state index >= 15 is 0 Å². The number of esters is 1. The number of hydrogen-bond acceptors (Lipinski definition) is 10. The SMILES string of the molecule is CCC(C)(C)OC(=O)Oc1ccc(C[C@](NC(C)C)(OC(C)=O)C(=O)O)cc1OC(=O)OC(C)(C)CC. The first-order valence-electron chi connectivity index (χ1n) is 12.1. The summed E-state index contributed by atoms with van der Waals surface area (Å²) in [5.41, 5.74) is -3.43. The van der Waals surface area contributed by atoms with Crippen LogP contribution >= 0.6 is 0 Å². The van der Waals surface area contributed by atoms with Crippen molar-refractivity contribution in [1.82, 2.24) is 5.32 Å². The number of carboxylic acids is 1. The van der Waals surface area contributed by atoms with Crippen LogP contribution in [0.1, 0.15) is 80.7 Å². The summed E-state index contributed by atoms with van der Waals surface area (Å²) in [6.45, 7) is 15.0. The molecule has 0 amide bonds. The van der Waals surface area contributed by atoms with Crippen molar-refractivity contribution in [3.05, 3.63) is 23.8 Å². The van der Waals surface area contributed by atoms with Crippen molar-refractivity contribution in [2.45, 2.75) is 105 Å². The maximum absolute atomic E-state index is 12.5. The maximum Gasteiger partial charge on any atom is 0.514 e. The van der Waals surface area contributed by atoms with E-state index in [1.165, 1.54) is 18.2 Å². The summed E-state index contributed by atoms with van der Waals surface area (Å²) in [7, 11) is 0. The van der Waals surface area contributed by atoms with Gasteiger partial charge in [0.05, 0.1) is 0 Å². The molecule has 0 aliphatic rings. The molecule has 0 spiro atoms. The fourth-order valence-electron chi connectivity index (χ4n) is 2.94. The Hall–Kier alpha value is -3.34. The molecular weight excluding hydrogens is 486 g/mol. The normalized spacial score (nSPS) is 13.4. The largest absolute Gasteiger partial charge is 0.514 e. The number of ether oxygens (including phenoxy) is 5. The predicted octanol–water partition coefficient (Wildman–Crippen LogP) is 4.98. The van der Waals surface area contributed by atoms with Gasteiger partial charge in [-0.25, -0.2) is 14.4 Å². The minimum absolute atomic E-state index is 0.155. The number of aliphatic carboxylic acids is 1. The molecule has 0 saturated heterocycles. The van der Waals surface area contributed by atoms with E-state index in [4.69, 9.17) is 23.7 Å².